The molecule has 2 aliphatic heterocycles. The maximum Gasteiger partial charge on any atom is 0.329 e. The Kier molecular flexibility index (Phi) is 7.04. The molecule has 2 heterocycles. The normalized spacial score (nSPS) is 20.4. The van der Waals surface area contributed by atoms with E-state index in [4.69, 9.17) is 0 Å². The summed E-state index contributed by atoms with van der Waals surface area (Å²) in [5, 5.41) is 10.4. The van der Waals surface area contributed by atoms with Gasteiger partial charge in [-0.05, 0) is 56.5 Å². The first-order chi connectivity index (χ1) is 18.7. The number of piperazine rings is 1. The SMILES string of the molecule is CN(C(=O)N1[C@H]2CC[C@@H]1[C@@H](C(=O)O)N(C(=O)N(c1ccccc1)c1ccccc1)C2)C(C)(C)c1ccccc1. The molecular formula is C31H34N4O4. The highest BCUT2D eigenvalue weighted by molar-refractivity contribution is 6.01. The van der Waals surface area contributed by atoms with Crippen molar-refractivity contribution in [1.82, 2.24) is 14.7 Å². The fourth-order valence-corrected chi connectivity index (χ4v) is 5.85. The van der Waals surface area contributed by atoms with E-state index in [2.05, 4.69) is 0 Å². The number of fused-ring (bicyclic) bond motifs is 2. The lowest BCUT2D eigenvalue weighted by atomic mass is 9.92. The summed E-state index contributed by atoms with van der Waals surface area (Å²) in [6.07, 6.45) is 1.16. The minimum atomic E-state index is -1.16. The van der Waals surface area contributed by atoms with Gasteiger partial charge in [0, 0.05) is 13.6 Å². The summed E-state index contributed by atoms with van der Waals surface area (Å²) in [7, 11) is 1.76. The molecule has 3 aromatic carbocycles. The number of urea groups is 2. The van der Waals surface area contributed by atoms with Gasteiger partial charge in [0.15, 0.2) is 6.04 Å². The number of anilines is 2. The van der Waals surface area contributed by atoms with Gasteiger partial charge in [-0.1, -0.05) is 66.7 Å². The number of amides is 4. The van der Waals surface area contributed by atoms with Crippen LogP contribution in [0.25, 0.3) is 0 Å². The Morgan fingerprint density at radius 3 is 1.82 bits per heavy atom. The molecule has 2 saturated heterocycles. The standard InChI is InChI=1S/C31H34N4O4/c1-31(2,22-13-7-4-8-14-22)32(3)29(38)35-25-19-20-26(35)27(28(36)37)33(21-25)30(39)34(23-15-9-5-10-16-23)24-17-11-6-12-18-24/h4-18,25-27H,19-21H2,1-3H3,(H,36,37)/t25-,26+,27-/m0/s1. The van der Waals surface area contributed by atoms with E-state index in [1.165, 1.54) is 4.90 Å². The second-order valence-electron chi connectivity index (χ2n) is 10.7. The smallest absolute Gasteiger partial charge is 0.329 e. The number of carboxylic acid groups (broad SMARTS) is 1. The molecule has 5 rings (SSSR count). The maximum absolute atomic E-state index is 14.2. The molecule has 202 valence electrons. The molecule has 0 saturated carbocycles. The molecule has 0 aliphatic carbocycles. The zero-order valence-electron chi connectivity index (χ0n) is 22.5. The van der Waals surface area contributed by atoms with Crippen molar-refractivity contribution in [2.24, 2.45) is 0 Å². The van der Waals surface area contributed by atoms with Gasteiger partial charge in [-0.15, -0.1) is 0 Å². The Bertz CT molecular complexity index is 1290. The highest BCUT2D eigenvalue weighted by atomic mass is 16.4. The van der Waals surface area contributed by atoms with Gasteiger partial charge < -0.3 is 19.8 Å². The van der Waals surface area contributed by atoms with Crippen LogP contribution < -0.4 is 4.90 Å². The molecule has 2 aliphatic rings. The number of para-hydroxylation sites is 2. The zero-order chi connectivity index (χ0) is 27.7. The van der Waals surface area contributed by atoms with E-state index in [-0.39, 0.29) is 18.6 Å². The average Bonchev–Trinajstić information content (AvgIpc) is 3.25. The van der Waals surface area contributed by atoms with Crippen molar-refractivity contribution in [2.45, 2.75) is 50.4 Å². The minimum absolute atomic E-state index is 0.147. The van der Waals surface area contributed by atoms with Crippen LogP contribution in [0.1, 0.15) is 32.3 Å². The van der Waals surface area contributed by atoms with Crippen molar-refractivity contribution in [3.63, 3.8) is 0 Å². The monoisotopic (exact) mass is 526 g/mol. The average molecular weight is 527 g/mol. The Morgan fingerprint density at radius 1 is 0.795 bits per heavy atom. The Morgan fingerprint density at radius 2 is 1.31 bits per heavy atom. The quantitative estimate of drug-likeness (QED) is 0.474. The maximum atomic E-state index is 14.2. The fourth-order valence-electron chi connectivity index (χ4n) is 5.85. The Labute approximate surface area is 229 Å². The fraction of sp³-hybridized carbons (Fsp3) is 0.323. The van der Waals surface area contributed by atoms with Crippen molar-refractivity contribution in [3.8, 4) is 0 Å². The lowest BCUT2D eigenvalue weighted by Gasteiger charge is -2.48. The van der Waals surface area contributed by atoms with Crippen molar-refractivity contribution in [1.29, 1.82) is 0 Å². The van der Waals surface area contributed by atoms with E-state index < -0.39 is 29.6 Å². The van der Waals surface area contributed by atoms with Crippen LogP contribution in [-0.4, -0.2) is 69.6 Å². The van der Waals surface area contributed by atoms with Gasteiger partial charge in [-0.2, -0.15) is 0 Å². The van der Waals surface area contributed by atoms with Gasteiger partial charge in [-0.3, -0.25) is 4.90 Å². The molecule has 0 aromatic heterocycles. The first kappa shape index (κ1) is 26.3. The molecule has 8 heteroatoms. The highest BCUT2D eigenvalue weighted by Gasteiger charge is 2.54. The predicted molar refractivity (Wildman–Crippen MR) is 150 cm³/mol. The number of hydrogen-bond donors (Lipinski definition) is 1. The first-order valence-corrected chi connectivity index (χ1v) is 13.3. The number of nitrogens with zero attached hydrogens (tertiary/aromatic N) is 4. The van der Waals surface area contributed by atoms with Crippen molar-refractivity contribution in [2.75, 3.05) is 18.5 Å². The van der Waals surface area contributed by atoms with Gasteiger partial charge in [0.25, 0.3) is 0 Å². The molecule has 4 amide bonds. The van der Waals surface area contributed by atoms with E-state index >= 15 is 0 Å². The number of rotatable bonds is 5. The van der Waals surface area contributed by atoms with Crippen LogP contribution in [0, 0.1) is 0 Å². The molecule has 2 fully saturated rings. The third-order valence-electron chi connectivity index (χ3n) is 8.20. The first-order valence-electron chi connectivity index (χ1n) is 13.3. The molecule has 1 N–H and O–H groups in total. The molecular weight excluding hydrogens is 492 g/mol. The van der Waals surface area contributed by atoms with Crippen LogP contribution >= 0.6 is 0 Å². The number of carboxylic acids is 1. The summed E-state index contributed by atoms with van der Waals surface area (Å²) in [6.45, 7) is 4.11. The lowest BCUT2D eigenvalue weighted by Crippen LogP contribution is -2.68. The van der Waals surface area contributed by atoms with Crippen LogP contribution in [0.15, 0.2) is 91.0 Å². The minimum Gasteiger partial charge on any atom is -0.480 e. The summed E-state index contributed by atoms with van der Waals surface area (Å²) in [5.41, 5.74) is 1.67. The summed E-state index contributed by atoms with van der Waals surface area (Å²) in [6, 6.07) is 25.5. The summed E-state index contributed by atoms with van der Waals surface area (Å²) in [4.78, 5) is 47.2. The van der Waals surface area contributed by atoms with Crippen LogP contribution in [-0.2, 0) is 10.3 Å². The van der Waals surface area contributed by atoms with Crippen LogP contribution in [0.3, 0.4) is 0 Å². The van der Waals surface area contributed by atoms with E-state index in [1.54, 1.807) is 21.7 Å². The van der Waals surface area contributed by atoms with E-state index in [9.17, 15) is 19.5 Å². The van der Waals surface area contributed by atoms with Gasteiger partial charge in [0.1, 0.15) is 0 Å². The largest absolute Gasteiger partial charge is 0.480 e. The number of carbonyl (C=O) groups excluding carboxylic acids is 2. The van der Waals surface area contributed by atoms with E-state index in [1.807, 2.05) is 105 Å². The van der Waals surface area contributed by atoms with Crippen molar-refractivity contribution in [3.05, 3.63) is 96.6 Å². The third kappa shape index (κ3) is 4.71. The Balaban J connectivity index is 1.46. The molecule has 3 aromatic rings. The predicted octanol–water partition coefficient (Wildman–Crippen LogP) is 5.53. The second kappa shape index (κ2) is 10.4. The van der Waals surface area contributed by atoms with E-state index in [0.717, 1.165) is 5.56 Å². The highest BCUT2D eigenvalue weighted by Crippen LogP contribution is 2.39. The number of carbonyl (C=O) groups is 3. The number of likely N-dealkylation sites (tertiary alicyclic amines) is 1. The molecule has 39 heavy (non-hydrogen) atoms. The summed E-state index contributed by atoms with van der Waals surface area (Å²) in [5.74, 6) is -1.11. The number of hydrogen-bond acceptors (Lipinski definition) is 3. The number of benzene rings is 3. The molecule has 3 atom stereocenters. The zero-order valence-corrected chi connectivity index (χ0v) is 22.5. The van der Waals surface area contributed by atoms with Crippen molar-refractivity contribution < 1.29 is 19.5 Å². The Hall–Kier alpha value is -4.33. The summed E-state index contributed by atoms with van der Waals surface area (Å²) >= 11 is 0. The topological polar surface area (TPSA) is 84.4 Å². The van der Waals surface area contributed by atoms with Crippen LogP contribution in [0.4, 0.5) is 21.0 Å². The van der Waals surface area contributed by atoms with Gasteiger partial charge in [0.2, 0.25) is 0 Å². The molecule has 8 nitrogen and oxygen atoms in total. The summed E-state index contributed by atoms with van der Waals surface area (Å²) < 4.78 is 0. The van der Waals surface area contributed by atoms with Gasteiger partial charge >= 0.3 is 18.0 Å². The molecule has 2 bridgehead atoms. The molecule has 0 radical (unpaired) electrons. The van der Waals surface area contributed by atoms with Gasteiger partial charge in [-0.25, -0.2) is 14.4 Å². The van der Waals surface area contributed by atoms with Gasteiger partial charge in [0.05, 0.1) is 29.0 Å². The lowest BCUT2D eigenvalue weighted by molar-refractivity contribution is -0.146. The van der Waals surface area contributed by atoms with E-state index in [0.29, 0.717) is 24.2 Å². The van der Waals surface area contributed by atoms with Crippen LogP contribution in [0.5, 0.6) is 0 Å². The van der Waals surface area contributed by atoms with Crippen LogP contribution in [0.2, 0.25) is 0 Å². The molecule has 0 spiro atoms. The number of aliphatic carboxylic acids is 1. The third-order valence-corrected chi connectivity index (χ3v) is 8.20. The van der Waals surface area contributed by atoms with Crippen molar-refractivity contribution >= 4 is 29.4 Å². The molecule has 0 unspecified atom stereocenters. The second-order valence-corrected chi connectivity index (χ2v) is 10.7.